The molecule has 0 aliphatic heterocycles. The van der Waals surface area contributed by atoms with E-state index < -0.39 is 11.3 Å². The van der Waals surface area contributed by atoms with Crippen molar-refractivity contribution in [2.75, 3.05) is 0 Å². The minimum Gasteiger partial charge on any atom is -0.346 e. The SMILES string of the molecule is Cc1cc(=O)c(C(=O)NCc2ccc(Cn3ccnc3)cc2)nn1-c1ccccc1. The van der Waals surface area contributed by atoms with Crippen molar-refractivity contribution in [3.8, 4) is 5.69 Å². The molecule has 1 amide bonds. The van der Waals surface area contributed by atoms with E-state index in [1.165, 1.54) is 6.07 Å². The number of rotatable bonds is 6. The van der Waals surface area contributed by atoms with Gasteiger partial charge in [-0.05, 0) is 30.2 Å². The summed E-state index contributed by atoms with van der Waals surface area (Å²) in [5.41, 5.74) is 3.00. The van der Waals surface area contributed by atoms with Gasteiger partial charge in [0.25, 0.3) is 5.91 Å². The maximum atomic E-state index is 12.6. The zero-order valence-electron chi connectivity index (χ0n) is 16.5. The molecule has 2 aromatic heterocycles. The molecule has 0 aliphatic rings. The molecule has 2 heterocycles. The highest BCUT2D eigenvalue weighted by Gasteiger charge is 2.15. The summed E-state index contributed by atoms with van der Waals surface area (Å²) in [6.07, 6.45) is 5.42. The molecule has 0 aliphatic carbocycles. The summed E-state index contributed by atoms with van der Waals surface area (Å²) < 4.78 is 3.58. The number of aromatic nitrogens is 4. The van der Waals surface area contributed by atoms with E-state index in [0.29, 0.717) is 12.2 Å². The quantitative estimate of drug-likeness (QED) is 0.541. The molecular weight excluding hydrogens is 378 g/mol. The van der Waals surface area contributed by atoms with Crippen LogP contribution in [0.4, 0.5) is 0 Å². The second kappa shape index (κ2) is 8.57. The van der Waals surface area contributed by atoms with Crippen LogP contribution in [0.25, 0.3) is 5.69 Å². The summed E-state index contributed by atoms with van der Waals surface area (Å²) in [4.78, 5) is 29.0. The highest BCUT2D eigenvalue weighted by atomic mass is 16.2. The molecule has 4 aromatic rings. The fourth-order valence-electron chi connectivity index (χ4n) is 3.15. The average Bonchev–Trinajstić information content (AvgIpc) is 3.27. The number of imidazole rings is 1. The predicted octanol–water partition coefficient (Wildman–Crippen LogP) is 2.72. The van der Waals surface area contributed by atoms with E-state index in [9.17, 15) is 9.59 Å². The largest absolute Gasteiger partial charge is 0.346 e. The fraction of sp³-hybridized carbons (Fsp3) is 0.130. The van der Waals surface area contributed by atoms with Crippen molar-refractivity contribution in [1.82, 2.24) is 24.6 Å². The van der Waals surface area contributed by atoms with Gasteiger partial charge in [0, 0.05) is 37.2 Å². The van der Waals surface area contributed by atoms with Crippen molar-refractivity contribution < 1.29 is 4.79 Å². The molecule has 0 saturated carbocycles. The highest BCUT2D eigenvalue weighted by molar-refractivity contribution is 5.92. The fourth-order valence-corrected chi connectivity index (χ4v) is 3.15. The smallest absolute Gasteiger partial charge is 0.276 e. The zero-order chi connectivity index (χ0) is 20.9. The highest BCUT2D eigenvalue weighted by Crippen LogP contribution is 2.09. The Hall–Kier alpha value is -4.00. The lowest BCUT2D eigenvalue weighted by atomic mass is 10.1. The van der Waals surface area contributed by atoms with Crippen molar-refractivity contribution >= 4 is 5.91 Å². The molecule has 1 N–H and O–H groups in total. The van der Waals surface area contributed by atoms with Gasteiger partial charge in [0.2, 0.25) is 5.43 Å². The van der Waals surface area contributed by atoms with Crippen LogP contribution in [0.2, 0.25) is 0 Å². The number of amides is 1. The Labute approximate surface area is 173 Å². The van der Waals surface area contributed by atoms with E-state index in [4.69, 9.17) is 0 Å². The minimum atomic E-state index is -0.493. The predicted molar refractivity (Wildman–Crippen MR) is 114 cm³/mol. The molecule has 2 aromatic carbocycles. The molecule has 0 fully saturated rings. The first kappa shape index (κ1) is 19.3. The van der Waals surface area contributed by atoms with Crippen LogP contribution >= 0.6 is 0 Å². The molecule has 0 saturated heterocycles. The monoisotopic (exact) mass is 399 g/mol. The van der Waals surface area contributed by atoms with Crippen molar-refractivity contribution in [3.05, 3.63) is 112 Å². The normalized spacial score (nSPS) is 10.7. The van der Waals surface area contributed by atoms with Gasteiger partial charge in [0.1, 0.15) is 0 Å². The Morgan fingerprint density at radius 1 is 1.03 bits per heavy atom. The Balaban J connectivity index is 1.46. The molecule has 0 spiro atoms. The van der Waals surface area contributed by atoms with Gasteiger partial charge in [0.05, 0.1) is 12.0 Å². The van der Waals surface area contributed by atoms with Crippen LogP contribution in [0.1, 0.15) is 27.3 Å². The van der Waals surface area contributed by atoms with Crippen LogP contribution in [0.5, 0.6) is 0 Å². The van der Waals surface area contributed by atoms with Gasteiger partial charge in [-0.3, -0.25) is 9.59 Å². The first-order chi connectivity index (χ1) is 14.6. The van der Waals surface area contributed by atoms with E-state index in [-0.39, 0.29) is 5.69 Å². The number of nitrogens with one attached hydrogen (secondary N) is 1. The number of hydrogen-bond donors (Lipinski definition) is 1. The maximum Gasteiger partial charge on any atom is 0.276 e. The first-order valence-electron chi connectivity index (χ1n) is 9.58. The van der Waals surface area contributed by atoms with Gasteiger partial charge in [-0.25, -0.2) is 9.67 Å². The first-order valence-corrected chi connectivity index (χ1v) is 9.58. The second-order valence-corrected chi connectivity index (χ2v) is 6.98. The number of aryl methyl sites for hydroxylation is 1. The maximum absolute atomic E-state index is 12.6. The lowest BCUT2D eigenvalue weighted by molar-refractivity contribution is 0.0943. The van der Waals surface area contributed by atoms with Gasteiger partial charge in [0.15, 0.2) is 5.69 Å². The summed E-state index contributed by atoms with van der Waals surface area (Å²) in [5.74, 6) is -0.493. The van der Waals surface area contributed by atoms with Crippen molar-refractivity contribution in [2.45, 2.75) is 20.0 Å². The van der Waals surface area contributed by atoms with Crippen LogP contribution in [-0.2, 0) is 13.1 Å². The summed E-state index contributed by atoms with van der Waals surface area (Å²) >= 11 is 0. The van der Waals surface area contributed by atoms with Crippen molar-refractivity contribution in [1.29, 1.82) is 0 Å². The molecule has 0 radical (unpaired) electrons. The average molecular weight is 399 g/mol. The molecule has 4 rings (SSSR count). The van der Waals surface area contributed by atoms with Crippen LogP contribution in [0.3, 0.4) is 0 Å². The molecule has 0 unspecified atom stereocenters. The molecule has 7 heteroatoms. The van der Waals surface area contributed by atoms with Crippen molar-refractivity contribution in [2.24, 2.45) is 0 Å². The van der Waals surface area contributed by atoms with E-state index >= 15 is 0 Å². The van der Waals surface area contributed by atoms with E-state index in [2.05, 4.69) is 15.4 Å². The molecule has 7 nitrogen and oxygen atoms in total. The third-order valence-electron chi connectivity index (χ3n) is 4.72. The third-order valence-corrected chi connectivity index (χ3v) is 4.72. The van der Waals surface area contributed by atoms with Gasteiger partial charge in [-0.15, -0.1) is 0 Å². The van der Waals surface area contributed by atoms with Crippen LogP contribution in [0.15, 0.2) is 84.2 Å². The number of nitrogens with zero attached hydrogens (tertiary/aromatic N) is 4. The summed E-state index contributed by atoms with van der Waals surface area (Å²) in [6, 6.07) is 18.8. The number of benzene rings is 2. The zero-order valence-corrected chi connectivity index (χ0v) is 16.5. The van der Waals surface area contributed by atoms with Gasteiger partial charge in [-0.2, -0.15) is 5.10 Å². The Bertz CT molecular complexity index is 1200. The van der Waals surface area contributed by atoms with E-state index in [0.717, 1.165) is 23.4 Å². The summed E-state index contributed by atoms with van der Waals surface area (Å²) in [5, 5.41) is 7.08. The Morgan fingerprint density at radius 2 is 1.77 bits per heavy atom. The van der Waals surface area contributed by atoms with Crippen LogP contribution in [0, 0.1) is 6.92 Å². The lowest BCUT2D eigenvalue weighted by Crippen LogP contribution is -2.31. The summed E-state index contributed by atoms with van der Waals surface area (Å²) in [6.45, 7) is 2.83. The second-order valence-electron chi connectivity index (χ2n) is 6.98. The Morgan fingerprint density at radius 3 is 2.47 bits per heavy atom. The molecule has 0 bridgehead atoms. The third kappa shape index (κ3) is 4.35. The van der Waals surface area contributed by atoms with Crippen molar-refractivity contribution in [3.63, 3.8) is 0 Å². The van der Waals surface area contributed by atoms with Gasteiger partial charge >= 0.3 is 0 Å². The molecule has 30 heavy (non-hydrogen) atoms. The minimum absolute atomic E-state index is 0.124. The molecule has 150 valence electrons. The topological polar surface area (TPSA) is 81.8 Å². The van der Waals surface area contributed by atoms with E-state index in [1.807, 2.05) is 65.4 Å². The molecular formula is C23H21N5O2. The molecule has 0 atom stereocenters. The van der Waals surface area contributed by atoms with Gasteiger partial charge in [-0.1, -0.05) is 42.5 Å². The number of hydrogen-bond acceptors (Lipinski definition) is 4. The van der Waals surface area contributed by atoms with Crippen LogP contribution < -0.4 is 10.7 Å². The van der Waals surface area contributed by atoms with Gasteiger partial charge < -0.3 is 9.88 Å². The Kier molecular flexibility index (Phi) is 5.52. The number of para-hydroxylation sites is 1. The lowest BCUT2D eigenvalue weighted by Gasteiger charge is -2.11. The van der Waals surface area contributed by atoms with E-state index in [1.54, 1.807) is 24.1 Å². The summed E-state index contributed by atoms with van der Waals surface area (Å²) in [7, 11) is 0. The number of carbonyl (C=O) groups is 1. The van der Waals surface area contributed by atoms with Crippen LogP contribution in [-0.4, -0.2) is 25.2 Å². The number of carbonyl (C=O) groups excluding carboxylic acids is 1. The standard InChI is InChI=1S/C23H21N5O2/c1-17-13-21(29)22(26-28(17)20-5-3-2-4-6-20)23(30)25-14-18-7-9-19(10-8-18)15-27-12-11-24-16-27/h2-13,16H,14-15H2,1H3,(H,25,30).